The lowest BCUT2D eigenvalue weighted by Gasteiger charge is -2.21. The highest BCUT2D eigenvalue weighted by atomic mass is 79.9. The number of hydrogen-bond acceptors (Lipinski definition) is 3. The molecule has 0 saturated heterocycles. The van der Waals surface area contributed by atoms with E-state index in [0.717, 1.165) is 5.56 Å². The van der Waals surface area contributed by atoms with Crippen molar-refractivity contribution in [2.24, 2.45) is 5.73 Å². The van der Waals surface area contributed by atoms with Crippen LogP contribution in [0.1, 0.15) is 5.56 Å². The molecule has 0 saturated carbocycles. The Hall–Kier alpha value is -0.490. The van der Waals surface area contributed by atoms with Gasteiger partial charge >= 0.3 is 0 Å². The number of benzene rings is 1. The van der Waals surface area contributed by atoms with Crippen molar-refractivity contribution in [3.8, 4) is 0 Å². The molecule has 0 heterocycles. The summed E-state index contributed by atoms with van der Waals surface area (Å²) in [4.78, 5) is 0. The van der Waals surface area contributed by atoms with Gasteiger partial charge in [0.2, 0.25) is 0 Å². The first-order chi connectivity index (χ1) is 7.56. The Bertz CT molecular complexity index is 325. The van der Waals surface area contributed by atoms with Crippen molar-refractivity contribution in [3.05, 3.63) is 34.1 Å². The number of rotatable bonds is 5. The number of nitrogens with two attached hydrogens (primary N) is 1. The van der Waals surface area contributed by atoms with E-state index < -0.39 is 6.29 Å². The Balaban J connectivity index is 2.72. The largest absolute Gasteiger partial charge is 0.354 e. The van der Waals surface area contributed by atoms with Gasteiger partial charge in [-0.2, -0.15) is 0 Å². The van der Waals surface area contributed by atoms with Gasteiger partial charge in [-0.05, 0) is 30.2 Å². The average Bonchev–Trinajstić information content (AvgIpc) is 2.17. The van der Waals surface area contributed by atoms with E-state index in [1.807, 2.05) is 6.07 Å². The molecule has 90 valence electrons. The Morgan fingerprint density at radius 2 is 1.94 bits per heavy atom. The Morgan fingerprint density at radius 3 is 2.44 bits per heavy atom. The van der Waals surface area contributed by atoms with E-state index in [0.29, 0.717) is 10.9 Å². The molecule has 0 amide bonds. The lowest BCUT2D eigenvalue weighted by molar-refractivity contribution is -0.115. The molecule has 1 aromatic rings. The Morgan fingerprint density at radius 1 is 1.31 bits per heavy atom. The van der Waals surface area contributed by atoms with Crippen LogP contribution in [0.4, 0.5) is 4.39 Å². The molecular formula is C11H15BrFNO2. The molecule has 0 radical (unpaired) electrons. The predicted octanol–water partition coefficient (Wildman–Crippen LogP) is 2.08. The molecule has 16 heavy (non-hydrogen) atoms. The highest BCUT2D eigenvalue weighted by molar-refractivity contribution is 9.10. The van der Waals surface area contributed by atoms with Crippen molar-refractivity contribution in [3.63, 3.8) is 0 Å². The summed E-state index contributed by atoms with van der Waals surface area (Å²) in [6.45, 7) is 0. The van der Waals surface area contributed by atoms with Crippen molar-refractivity contribution in [2.75, 3.05) is 14.2 Å². The number of methoxy groups -OCH3 is 2. The Kier molecular flexibility index (Phi) is 5.34. The second-order valence-electron chi connectivity index (χ2n) is 3.49. The summed E-state index contributed by atoms with van der Waals surface area (Å²) in [6, 6.07) is 4.35. The van der Waals surface area contributed by atoms with Gasteiger partial charge in [-0.3, -0.25) is 0 Å². The zero-order valence-corrected chi connectivity index (χ0v) is 10.8. The van der Waals surface area contributed by atoms with E-state index >= 15 is 0 Å². The fourth-order valence-electron chi connectivity index (χ4n) is 1.54. The molecule has 0 aliphatic rings. The standard InChI is InChI=1S/C11H15BrFNO2/c1-15-11(16-2)10(14)5-7-3-8(12)6-9(13)4-7/h3-4,6,10-11H,5,14H2,1-2H3. The topological polar surface area (TPSA) is 44.5 Å². The molecule has 3 nitrogen and oxygen atoms in total. The number of ether oxygens (including phenoxy) is 2. The first-order valence-electron chi connectivity index (χ1n) is 4.83. The minimum Gasteiger partial charge on any atom is -0.354 e. The van der Waals surface area contributed by atoms with E-state index in [2.05, 4.69) is 15.9 Å². The summed E-state index contributed by atoms with van der Waals surface area (Å²) in [5, 5.41) is 0. The van der Waals surface area contributed by atoms with Crippen molar-refractivity contribution < 1.29 is 13.9 Å². The molecule has 1 aromatic carbocycles. The normalized spacial score (nSPS) is 13.1. The fourth-order valence-corrected chi connectivity index (χ4v) is 2.06. The molecule has 0 spiro atoms. The molecule has 0 aliphatic carbocycles. The van der Waals surface area contributed by atoms with E-state index in [1.54, 1.807) is 0 Å². The minimum absolute atomic E-state index is 0.289. The van der Waals surface area contributed by atoms with Gasteiger partial charge in [0.05, 0.1) is 6.04 Å². The van der Waals surface area contributed by atoms with Crippen LogP contribution in [-0.4, -0.2) is 26.6 Å². The summed E-state index contributed by atoms with van der Waals surface area (Å²) in [6.07, 6.45) is 0.00458. The van der Waals surface area contributed by atoms with Crippen molar-refractivity contribution in [1.29, 1.82) is 0 Å². The van der Waals surface area contributed by atoms with Gasteiger partial charge in [-0.25, -0.2) is 4.39 Å². The van der Waals surface area contributed by atoms with Crippen LogP contribution in [0.25, 0.3) is 0 Å². The van der Waals surface area contributed by atoms with E-state index in [1.165, 1.54) is 26.4 Å². The summed E-state index contributed by atoms with van der Waals surface area (Å²) in [5.74, 6) is -0.289. The summed E-state index contributed by atoms with van der Waals surface area (Å²) in [5.41, 5.74) is 6.69. The predicted molar refractivity (Wildman–Crippen MR) is 63.6 cm³/mol. The third-order valence-corrected chi connectivity index (χ3v) is 2.67. The van der Waals surface area contributed by atoms with Crippen LogP contribution >= 0.6 is 15.9 Å². The van der Waals surface area contributed by atoms with Crippen LogP contribution in [0.5, 0.6) is 0 Å². The average molecular weight is 292 g/mol. The molecule has 1 rings (SSSR count). The van der Waals surface area contributed by atoms with E-state index in [9.17, 15) is 4.39 Å². The third kappa shape index (κ3) is 3.83. The highest BCUT2D eigenvalue weighted by Gasteiger charge is 2.17. The summed E-state index contributed by atoms with van der Waals surface area (Å²) >= 11 is 3.23. The second-order valence-corrected chi connectivity index (χ2v) is 4.40. The molecule has 0 fully saturated rings. The first-order valence-corrected chi connectivity index (χ1v) is 5.62. The van der Waals surface area contributed by atoms with Crippen molar-refractivity contribution >= 4 is 15.9 Å². The molecule has 1 unspecified atom stereocenters. The van der Waals surface area contributed by atoms with Crippen molar-refractivity contribution in [1.82, 2.24) is 0 Å². The van der Waals surface area contributed by atoms with E-state index in [-0.39, 0.29) is 11.9 Å². The maximum absolute atomic E-state index is 13.1. The van der Waals surface area contributed by atoms with Crippen LogP contribution in [0.2, 0.25) is 0 Å². The van der Waals surface area contributed by atoms with Crippen LogP contribution in [0.15, 0.2) is 22.7 Å². The molecule has 0 bridgehead atoms. The third-order valence-electron chi connectivity index (χ3n) is 2.21. The van der Waals surface area contributed by atoms with Gasteiger partial charge in [-0.1, -0.05) is 15.9 Å². The highest BCUT2D eigenvalue weighted by Crippen LogP contribution is 2.16. The monoisotopic (exact) mass is 291 g/mol. The SMILES string of the molecule is COC(OC)C(N)Cc1cc(F)cc(Br)c1. The van der Waals surface area contributed by atoms with Gasteiger partial charge in [0.1, 0.15) is 5.82 Å². The van der Waals surface area contributed by atoms with E-state index in [4.69, 9.17) is 15.2 Å². The maximum atomic E-state index is 13.1. The molecular weight excluding hydrogens is 277 g/mol. The van der Waals surface area contributed by atoms with Crippen LogP contribution in [-0.2, 0) is 15.9 Å². The number of hydrogen-bond donors (Lipinski definition) is 1. The summed E-state index contributed by atoms with van der Waals surface area (Å²) in [7, 11) is 3.05. The molecule has 0 aliphatic heterocycles. The molecule has 0 aromatic heterocycles. The zero-order chi connectivity index (χ0) is 12.1. The quantitative estimate of drug-likeness (QED) is 0.845. The second kappa shape index (κ2) is 6.30. The van der Waals surface area contributed by atoms with Crippen LogP contribution in [0.3, 0.4) is 0 Å². The lowest BCUT2D eigenvalue weighted by atomic mass is 10.1. The molecule has 5 heteroatoms. The minimum atomic E-state index is -0.484. The van der Waals surface area contributed by atoms with Gasteiger partial charge in [0.25, 0.3) is 0 Å². The van der Waals surface area contributed by atoms with Crippen molar-refractivity contribution in [2.45, 2.75) is 18.8 Å². The molecule has 2 N–H and O–H groups in total. The zero-order valence-electron chi connectivity index (χ0n) is 9.24. The van der Waals surface area contributed by atoms with Gasteiger partial charge in [0, 0.05) is 18.7 Å². The van der Waals surface area contributed by atoms with Crippen LogP contribution in [0, 0.1) is 5.82 Å². The molecule has 1 atom stereocenters. The maximum Gasteiger partial charge on any atom is 0.172 e. The van der Waals surface area contributed by atoms with Gasteiger partial charge < -0.3 is 15.2 Å². The Labute approximate surface area is 103 Å². The van der Waals surface area contributed by atoms with Crippen LogP contribution < -0.4 is 5.73 Å². The van der Waals surface area contributed by atoms with Gasteiger partial charge in [-0.15, -0.1) is 0 Å². The first kappa shape index (κ1) is 13.6. The lowest BCUT2D eigenvalue weighted by Crippen LogP contribution is -2.39. The fraction of sp³-hybridized carbons (Fsp3) is 0.455. The number of halogens is 2. The summed E-state index contributed by atoms with van der Waals surface area (Å²) < 4.78 is 23.9. The van der Waals surface area contributed by atoms with Gasteiger partial charge in [0.15, 0.2) is 6.29 Å². The smallest absolute Gasteiger partial charge is 0.172 e.